The number of benzene rings is 2. The molecule has 0 saturated heterocycles. The van der Waals surface area contributed by atoms with Crippen molar-refractivity contribution in [3.05, 3.63) is 93.4 Å². The Bertz CT molecular complexity index is 1590. The van der Waals surface area contributed by atoms with Crippen LogP contribution in [0, 0.1) is 0 Å². The standard InChI is InChI=1S/C27H23N3O3S2/c1-3-17-6-8-18(9-7-17)14-30-26(32)24-23(21-5-4-12-28-25(21)35-24)29-27(30)34-16-20-13-19(15-31)10-11-22(20)33-2/h4-13,15H,3,14,16H2,1-2H3. The van der Waals surface area contributed by atoms with Gasteiger partial charge in [0.2, 0.25) is 0 Å². The third kappa shape index (κ3) is 4.59. The molecule has 35 heavy (non-hydrogen) atoms. The molecule has 0 aliphatic rings. The number of ether oxygens (including phenoxy) is 1. The van der Waals surface area contributed by atoms with Crippen molar-refractivity contribution in [3.8, 4) is 5.75 Å². The lowest BCUT2D eigenvalue weighted by Gasteiger charge is -2.14. The van der Waals surface area contributed by atoms with Gasteiger partial charge in [0.15, 0.2) is 5.16 Å². The number of aryl methyl sites for hydroxylation is 1. The summed E-state index contributed by atoms with van der Waals surface area (Å²) in [4.78, 5) is 35.2. The second kappa shape index (κ2) is 10.0. The second-order valence-electron chi connectivity index (χ2n) is 8.07. The van der Waals surface area contributed by atoms with Crippen molar-refractivity contribution in [1.82, 2.24) is 14.5 Å². The highest BCUT2D eigenvalue weighted by atomic mass is 32.2. The van der Waals surface area contributed by atoms with Gasteiger partial charge in [0.05, 0.1) is 19.2 Å². The fourth-order valence-corrected chi connectivity index (χ4v) is 5.98. The molecule has 0 amide bonds. The average molecular weight is 502 g/mol. The number of fused-ring (bicyclic) bond motifs is 3. The molecule has 3 heterocycles. The summed E-state index contributed by atoms with van der Waals surface area (Å²) < 4.78 is 7.84. The summed E-state index contributed by atoms with van der Waals surface area (Å²) in [5.41, 5.74) is 4.33. The normalized spacial score (nSPS) is 11.3. The molecule has 5 aromatic rings. The molecule has 0 radical (unpaired) electrons. The van der Waals surface area contributed by atoms with Crippen LogP contribution in [-0.4, -0.2) is 27.9 Å². The minimum atomic E-state index is -0.0753. The number of aldehydes is 1. The zero-order chi connectivity index (χ0) is 24.4. The molecule has 0 atom stereocenters. The number of carbonyl (C=O) groups excluding carboxylic acids is 1. The molecule has 0 aliphatic heterocycles. The summed E-state index contributed by atoms with van der Waals surface area (Å²) in [5, 5.41) is 1.50. The van der Waals surface area contributed by atoms with Gasteiger partial charge in [-0.1, -0.05) is 43.0 Å². The molecule has 5 rings (SSSR count). The van der Waals surface area contributed by atoms with E-state index in [1.54, 1.807) is 30.0 Å². The lowest BCUT2D eigenvalue weighted by molar-refractivity contribution is 0.112. The van der Waals surface area contributed by atoms with Gasteiger partial charge < -0.3 is 4.74 Å². The van der Waals surface area contributed by atoms with E-state index in [0.717, 1.165) is 34.1 Å². The maximum absolute atomic E-state index is 13.7. The first-order chi connectivity index (χ1) is 17.1. The molecule has 0 bridgehead atoms. The van der Waals surface area contributed by atoms with E-state index in [0.29, 0.717) is 39.0 Å². The van der Waals surface area contributed by atoms with Gasteiger partial charge in [-0.15, -0.1) is 11.3 Å². The molecule has 176 valence electrons. The van der Waals surface area contributed by atoms with Crippen molar-refractivity contribution in [3.63, 3.8) is 0 Å². The predicted octanol–water partition coefficient (Wildman–Crippen LogP) is 5.73. The van der Waals surface area contributed by atoms with Crippen LogP contribution in [0.25, 0.3) is 20.4 Å². The van der Waals surface area contributed by atoms with Gasteiger partial charge in [-0.3, -0.25) is 14.2 Å². The third-order valence-corrected chi connectivity index (χ3v) is 8.00. The second-order valence-corrected chi connectivity index (χ2v) is 10.0. The topological polar surface area (TPSA) is 74.1 Å². The molecule has 3 aromatic heterocycles. The van der Waals surface area contributed by atoms with Gasteiger partial charge in [-0.2, -0.15) is 0 Å². The first-order valence-electron chi connectivity index (χ1n) is 11.2. The number of thioether (sulfide) groups is 1. The fourth-order valence-electron chi connectivity index (χ4n) is 3.98. The van der Waals surface area contributed by atoms with E-state index in [1.165, 1.54) is 28.7 Å². The average Bonchev–Trinajstić information content (AvgIpc) is 3.28. The molecule has 0 aliphatic carbocycles. The van der Waals surface area contributed by atoms with Crippen LogP contribution in [0.3, 0.4) is 0 Å². The highest BCUT2D eigenvalue weighted by Gasteiger charge is 2.18. The molecule has 0 spiro atoms. The molecule has 6 nitrogen and oxygen atoms in total. The van der Waals surface area contributed by atoms with Crippen molar-refractivity contribution in [2.45, 2.75) is 30.8 Å². The first kappa shape index (κ1) is 23.3. The van der Waals surface area contributed by atoms with E-state index in [9.17, 15) is 9.59 Å². The van der Waals surface area contributed by atoms with Gasteiger partial charge >= 0.3 is 0 Å². The third-order valence-electron chi connectivity index (χ3n) is 5.89. The smallest absolute Gasteiger partial charge is 0.272 e. The number of carbonyl (C=O) groups is 1. The Balaban J connectivity index is 1.61. The van der Waals surface area contributed by atoms with Crippen LogP contribution in [0.4, 0.5) is 0 Å². The summed E-state index contributed by atoms with van der Waals surface area (Å²) in [6, 6.07) is 17.5. The zero-order valence-corrected chi connectivity index (χ0v) is 21.0. The van der Waals surface area contributed by atoms with Crippen molar-refractivity contribution in [1.29, 1.82) is 0 Å². The van der Waals surface area contributed by atoms with E-state index >= 15 is 0 Å². The Morgan fingerprint density at radius 1 is 1.11 bits per heavy atom. The largest absolute Gasteiger partial charge is 0.496 e. The quantitative estimate of drug-likeness (QED) is 0.154. The maximum atomic E-state index is 13.7. The molecule has 8 heteroatoms. The number of pyridine rings is 1. The Labute approximate surface area is 210 Å². The van der Waals surface area contributed by atoms with Gasteiger partial charge in [0.25, 0.3) is 5.56 Å². The Hall–Kier alpha value is -3.49. The van der Waals surface area contributed by atoms with Gasteiger partial charge in [-0.25, -0.2) is 9.97 Å². The number of rotatable bonds is 8. The van der Waals surface area contributed by atoms with Crippen LogP contribution >= 0.6 is 23.1 Å². The Kier molecular flexibility index (Phi) is 6.66. The molecular formula is C27H23N3O3S2. The molecule has 0 unspecified atom stereocenters. The minimum Gasteiger partial charge on any atom is -0.496 e. The molecule has 0 fully saturated rings. The zero-order valence-electron chi connectivity index (χ0n) is 19.4. The van der Waals surface area contributed by atoms with Crippen molar-refractivity contribution >= 4 is 49.8 Å². The monoisotopic (exact) mass is 501 g/mol. The number of hydrogen-bond acceptors (Lipinski definition) is 7. The summed E-state index contributed by atoms with van der Waals surface area (Å²) >= 11 is 2.84. The maximum Gasteiger partial charge on any atom is 0.272 e. The van der Waals surface area contributed by atoms with E-state index in [1.807, 2.05) is 18.2 Å². The van der Waals surface area contributed by atoms with Crippen LogP contribution in [0.1, 0.15) is 34.0 Å². The summed E-state index contributed by atoms with van der Waals surface area (Å²) in [7, 11) is 1.61. The Morgan fingerprint density at radius 2 is 1.91 bits per heavy atom. The van der Waals surface area contributed by atoms with Crippen molar-refractivity contribution in [2.75, 3.05) is 7.11 Å². The highest BCUT2D eigenvalue weighted by molar-refractivity contribution is 7.98. The van der Waals surface area contributed by atoms with Gasteiger partial charge in [-0.05, 0) is 47.9 Å². The first-order valence-corrected chi connectivity index (χ1v) is 13.0. The summed E-state index contributed by atoms with van der Waals surface area (Å²) in [6.45, 7) is 2.54. The number of aromatic nitrogens is 3. The number of nitrogens with zero attached hydrogens (tertiary/aromatic N) is 3. The van der Waals surface area contributed by atoms with Crippen molar-refractivity contribution < 1.29 is 9.53 Å². The van der Waals surface area contributed by atoms with E-state index in [4.69, 9.17) is 9.72 Å². The van der Waals surface area contributed by atoms with Crippen LogP contribution in [0.2, 0.25) is 0 Å². The van der Waals surface area contributed by atoms with Crippen LogP contribution < -0.4 is 10.3 Å². The predicted molar refractivity (Wildman–Crippen MR) is 142 cm³/mol. The van der Waals surface area contributed by atoms with Gasteiger partial charge in [0.1, 0.15) is 21.6 Å². The molecule has 0 saturated carbocycles. The lowest BCUT2D eigenvalue weighted by Crippen LogP contribution is -2.23. The van der Waals surface area contributed by atoms with E-state index in [-0.39, 0.29) is 5.56 Å². The minimum absolute atomic E-state index is 0.0753. The molecule has 2 aromatic carbocycles. The van der Waals surface area contributed by atoms with E-state index < -0.39 is 0 Å². The number of hydrogen-bond donors (Lipinski definition) is 0. The van der Waals surface area contributed by atoms with Crippen LogP contribution in [-0.2, 0) is 18.7 Å². The number of thiophene rings is 1. The van der Waals surface area contributed by atoms with Crippen molar-refractivity contribution in [2.24, 2.45) is 0 Å². The molecular weight excluding hydrogens is 478 g/mol. The van der Waals surface area contributed by atoms with E-state index in [2.05, 4.69) is 36.2 Å². The summed E-state index contributed by atoms with van der Waals surface area (Å²) in [5.74, 6) is 1.19. The molecule has 0 N–H and O–H groups in total. The lowest BCUT2D eigenvalue weighted by atomic mass is 10.1. The van der Waals surface area contributed by atoms with Crippen LogP contribution in [0.15, 0.2) is 70.7 Å². The SMILES string of the molecule is CCc1ccc(Cn2c(SCc3cc(C=O)ccc3OC)nc3c(sc4ncccc43)c2=O)cc1. The summed E-state index contributed by atoms with van der Waals surface area (Å²) in [6.07, 6.45) is 3.51. The van der Waals surface area contributed by atoms with Crippen LogP contribution in [0.5, 0.6) is 5.75 Å². The number of methoxy groups -OCH3 is 1. The Morgan fingerprint density at radius 3 is 2.66 bits per heavy atom. The van der Waals surface area contributed by atoms with Gasteiger partial charge in [0, 0.05) is 28.5 Å². The fraction of sp³-hybridized carbons (Fsp3) is 0.185. The highest BCUT2D eigenvalue weighted by Crippen LogP contribution is 2.33.